The number of nitrogens with one attached hydrogen (secondary N) is 1. The Morgan fingerprint density at radius 3 is 2.65 bits per heavy atom. The maximum absolute atomic E-state index is 13.4. The largest absolute Gasteiger partial charge is 0.444 e. The molecule has 1 fully saturated rings. The van der Waals surface area contributed by atoms with Crippen LogP contribution in [-0.4, -0.2) is 61.0 Å². The lowest BCUT2D eigenvalue weighted by Gasteiger charge is -2.34. The van der Waals surface area contributed by atoms with Crippen molar-refractivity contribution in [2.24, 2.45) is 0 Å². The molecular weight excluding hydrogens is 468 g/mol. The first-order chi connectivity index (χ1) is 17.8. The SMILES string of the molecule is CC(C)(C)OC(=O)N1CCC[C@H](NC(=O)c2cn(Cc3ccc(-n4cccn4)cc3)c3cccnc23)C1. The van der Waals surface area contributed by atoms with E-state index in [0.29, 0.717) is 30.7 Å². The fraction of sp³-hybridized carbons (Fsp3) is 0.357. The highest BCUT2D eigenvalue weighted by atomic mass is 16.6. The van der Waals surface area contributed by atoms with Gasteiger partial charge in [0.2, 0.25) is 0 Å². The zero-order valence-electron chi connectivity index (χ0n) is 21.4. The minimum Gasteiger partial charge on any atom is -0.444 e. The minimum atomic E-state index is -0.555. The molecule has 9 nitrogen and oxygen atoms in total. The standard InChI is InChI=1S/C28H32N6O3/c1-28(2,3)37-27(36)32-15-5-7-21(18-32)31-26(35)23-19-33(24-8-4-13-29-25(23)24)17-20-9-11-22(12-10-20)34-16-6-14-30-34/h4,6,8-14,16,19,21H,5,7,15,17-18H2,1-3H3,(H,31,35)/t21-/m0/s1. The summed E-state index contributed by atoms with van der Waals surface area (Å²) in [6.07, 6.45) is 8.49. The summed E-state index contributed by atoms with van der Waals surface area (Å²) in [5.74, 6) is -0.187. The number of likely N-dealkylation sites (tertiary alicyclic amines) is 1. The molecule has 1 aliphatic heterocycles. The quantitative estimate of drug-likeness (QED) is 0.438. The van der Waals surface area contributed by atoms with Crippen molar-refractivity contribution in [3.63, 3.8) is 0 Å². The number of aromatic nitrogens is 4. The second-order valence-corrected chi connectivity index (χ2v) is 10.4. The molecule has 1 aromatic carbocycles. The molecule has 1 atom stereocenters. The molecule has 0 bridgehead atoms. The predicted octanol–water partition coefficient (Wildman–Crippen LogP) is 4.40. The number of fused-ring (bicyclic) bond motifs is 1. The third-order valence-corrected chi connectivity index (χ3v) is 6.35. The van der Waals surface area contributed by atoms with Crippen LogP contribution < -0.4 is 5.32 Å². The molecule has 0 saturated carbocycles. The van der Waals surface area contributed by atoms with Crippen molar-refractivity contribution in [1.82, 2.24) is 29.5 Å². The van der Waals surface area contributed by atoms with Crippen molar-refractivity contribution >= 4 is 23.0 Å². The number of piperidine rings is 1. The Balaban J connectivity index is 1.31. The number of nitrogens with zero attached hydrogens (tertiary/aromatic N) is 5. The zero-order valence-corrected chi connectivity index (χ0v) is 21.4. The van der Waals surface area contributed by atoms with Gasteiger partial charge >= 0.3 is 6.09 Å². The topological polar surface area (TPSA) is 94.3 Å². The molecular formula is C28H32N6O3. The van der Waals surface area contributed by atoms with Crippen LogP contribution in [0.1, 0.15) is 49.5 Å². The summed E-state index contributed by atoms with van der Waals surface area (Å²) in [6.45, 7) is 7.21. The van der Waals surface area contributed by atoms with Gasteiger partial charge < -0.3 is 19.5 Å². The van der Waals surface area contributed by atoms with Crippen LogP contribution in [0.15, 0.2) is 67.3 Å². The van der Waals surface area contributed by atoms with Gasteiger partial charge in [-0.25, -0.2) is 9.48 Å². The molecule has 0 spiro atoms. The second kappa shape index (κ2) is 10.1. The van der Waals surface area contributed by atoms with E-state index >= 15 is 0 Å². The minimum absolute atomic E-state index is 0.147. The number of benzene rings is 1. The number of carbonyl (C=O) groups is 2. The fourth-order valence-electron chi connectivity index (χ4n) is 4.64. The molecule has 1 aliphatic rings. The summed E-state index contributed by atoms with van der Waals surface area (Å²) in [5, 5.41) is 7.40. The number of hydrogen-bond donors (Lipinski definition) is 1. The van der Waals surface area contributed by atoms with E-state index < -0.39 is 5.60 Å². The van der Waals surface area contributed by atoms with Crippen LogP contribution in [0.3, 0.4) is 0 Å². The Bertz CT molecular complexity index is 1390. The maximum Gasteiger partial charge on any atom is 0.410 e. The van der Waals surface area contributed by atoms with E-state index in [4.69, 9.17) is 4.74 Å². The summed E-state index contributed by atoms with van der Waals surface area (Å²) in [7, 11) is 0. The molecule has 0 aliphatic carbocycles. The predicted molar refractivity (Wildman–Crippen MR) is 141 cm³/mol. The van der Waals surface area contributed by atoms with E-state index in [2.05, 4.69) is 27.5 Å². The lowest BCUT2D eigenvalue weighted by molar-refractivity contribution is 0.0185. The summed E-state index contributed by atoms with van der Waals surface area (Å²) in [5.41, 5.74) is 3.61. The van der Waals surface area contributed by atoms with E-state index in [1.54, 1.807) is 17.3 Å². The van der Waals surface area contributed by atoms with Gasteiger partial charge in [0, 0.05) is 50.5 Å². The summed E-state index contributed by atoms with van der Waals surface area (Å²) in [6, 6.07) is 13.8. The van der Waals surface area contributed by atoms with Gasteiger partial charge in [-0.15, -0.1) is 0 Å². The van der Waals surface area contributed by atoms with E-state index in [-0.39, 0.29) is 18.0 Å². The lowest BCUT2D eigenvalue weighted by atomic mass is 10.1. The zero-order chi connectivity index (χ0) is 26.0. The van der Waals surface area contributed by atoms with Crippen molar-refractivity contribution < 1.29 is 14.3 Å². The molecule has 1 N–H and O–H groups in total. The number of ether oxygens (including phenoxy) is 1. The van der Waals surface area contributed by atoms with Gasteiger partial charge in [-0.3, -0.25) is 9.78 Å². The fourth-order valence-corrected chi connectivity index (χ4v) is 4.64. The Morgan fingerprint density at radius 1 is 1.11 bits per heavy atom. The number of carbonyl (C=O) groups excluding carboxylic acids is 2. The third-order valence-electron chi connectivity index (χ3n) is 6.35. The molecule has 37 heavy (non-hydrogen) atoms. The van der Waals surface area contributed by atoms with Crippen LogP contribution in [-0.2, 0) is 11.3 Å². The van der Waals surface area contributed by atoms with Gasteiger partial charge in [0.15, 0.2) is 0 Å². The van der Waals surface area contributed by atoms with Crippen molar-refractivity contribution in [2.45, 2.75) is 51.8 Å². The highest BCUT2D eigenvalue weighted by molar-refractivity contribution is 6.05. The average Bonchev–Trinajstić information content (AvgIpc) is 3.53. The van der Waals surface area contributed by atoms with E-state index in [0.717, 1.165) is 29.6 Å². The van der Waals surface area contributed by atoms with Gasteiger partial charge in [-0.1, -0.05) is 12.1 Å². The molecule has 0 radical (unpaired) electrons. The highest BCUT2D eigenvalue weighted by Crippen LogP contribution is 2.22. The van der Waals surface area contributed by atoms with Crippen molar-refractivity contribution in [2.75, 3.05) is 13.1 Å². The Hall–Kier alpha value is -4.14. The Kier molecular flexibility index (Phi) is 6.69. The summed E-state index contributed by atoms with van der Waals surface area (Å²) < 4.78 is 9.38. The third kappa shape index (κ3) is 5.66. The highest BCUT2D eigenvalue weighted by Gasteiger charge is 2.29. The number of pyridine rings is 1. The van der Waals surface area contributed by atoms with Crippen LogP contribution in [0.2, 0.25) is 0 Å². The molecule has 3 aromatic heterocycles. The van der Waals surface area contributed by atoms with Gasteiger partial charge in [0.05, 0.1) is 16.8 Å². The molecule has 192 valence electrons. The maximum atomic E-state index is 13.4. The first-order valence-corrected chi connectivity index (χ1v) is 12.6. The number of rotatable bonds is 5. The van der Waals surface area contributed by atoms with E-state index in [1.807, 2.05) is 72.7 Å². The molecule has 5 rings (SSSR count). The van der Waals surface area contributed by atoms with Crippen LogP contribution in [0.5, 0.6) is 0 Å². The van der Waals surface area contributed by atoms with Crippen molar-refractivity contribution in [3.05, 3.63) is 78.4 Å². The van der Waals surface area contributed by atoms with Crippen LogP contribution >= 0.6 is 0 Å². The molecule has 2 amide bonds. The smallest absolute Gasteiger partial charge is 0.410 e. The average molecular weight is 501 g/mol. The monoisotopic (exact) mass is 500 g/mol. The lowest BCUT2D eigenvalue weighted by Crippen LogP contribution is -2.50. The Morgan fingerprint density at radius 2 is 1.92 bits per heavy atom. The number of hydrogen-bond acceptors (Lipinski definition) is 5. The summed E-state index contributed by atoms with van der Waals surface area (Å²) >= 11 is 0. The molecule has 1 saturated heterocycles. The second-order valence-electron chi connectivity index (χ2n) is 10.4. The van der Waals surface area contributed by atoms with Gasteiger partial charge in [0.25, 0.3) is 5.91 Å². The first-order valence-electron chi connectivity index (χ1n) is 12.6. The Labute approximate surface area is 216 Å². The van der Waals surface area contributed by atoms with Crippen LogP contribution in [0.4, 0.5) is 4.79 Å². The van der Waals surface area contributed by atoms with E-state index in [9.17, 15) is 9.59 Å². The normalized spacial score (nSPS) is 16.1. The van der Waals surface area contributed by atoms with Crippen molar-refractivity contribution in [1.29, 1.82) is 0 Å². The van der Waals surface area contributed by atoms with Crippen LogP contribution in [0, 0.1) is 0 Å². The first kappa shape index (κ1) is 24.5. The molecule has 0 unspecified atom stereocenters. The van der Waals surface area contributed by atoms with E-state index in [1.165, 1.54) is 0 Å². The summed E-state index contributed by atoms with van der Waals surface area (Å²) in [4.78, 5) is 32.1. The van der Waals surface area contributed by atoms with Gasteiger partial charge in [-0.05, 0) is 69.5 Å². The van der Waals surface area contributed by atoms with Gasteiger partial charge in [0.1, 0.15) is 11.1 Å². The van der Waals surface area contributed by atoms with Crippen molar-refractivity contribution in [3.8, 4) is 5.69 Å². The van der Waals surface area contributed by atoms with Gasteiger partial charge in [-0.2, -0.15) is 5.10 Å². The molecule has 4 aromatic rings. The molecule has 4 heterocycles. The van der Waals surface area contributed by atoms with Crippen LogP contribution in [0.25, 0.3) is 16.7 Å². The molecule has 9 heteroatoms. The number of amides is 2.